The molecule has 0 atom stereocenters. The van der Waals surface area contributed by atoms with Crippen LogP contribution in [-0.2, 0) is 11.2 Å². The summed E-state index contributed by atoms with van der Waals surface area (Å²) in [6.45, 7) is 6.87. The molecule has 1 fully saturated rings. The molecular formula is C24H24FN5OS. The molecule has 2 aromatic heterocycles. The molecule has 0 bridgehead atoms. The summed E-state index contributed by atoms with van der Waals surface area (Å²) in [6, 6.07) is 14.4. The predicted octanol–water partition coefficient (Wildman–Crippen LogP) is 4.13. The third-order valence-corrected chi connectivity index (χ3v) is 7.01. The maximum atomic E-state index is 13.1. The number of carbonyl (C=O) groups excluding carboxylic acids is 1. The lowest BCUT2D eigenvalue weighted by atomic mass is 10.1. The molecular weight excluding hydrogens is 425 g/mol. The maximum Gasteiger partial charge on any atom is 0.227 e. The number of fused-ring (bicyclic) bond motifs is 1. The molecule has 0 N–H and O–H groups in total. The van der Waals surface area contributed by atoms with Crippen molar-refractivity contribution in [3.8, 4) is 5.69 Å². The van der Waals surface area contributed by atoms with Gasteiger partial charge in [0.2, 0.25) is 5.91 Å². The molecule has 0 aliphatic carbocycles. The van der Waals surface area contributed by atoms with Crippen molar-refractivity contribution in [2.45, 2.75) is 20.3 Å². The zero-order valence-corrected chi connectivity index (χ0v) is 18.9. The first-order valence-corrected chi connectivity index (χ1v) is 11.5. The van der Waals surface area contributed by atoms with Gasteiger partial charge in [-0.05, 0) is 49.2 Å². The molecule has 0 saturated carbocycles. The van der Waals surface area contributed by atoms with Gasteiger partial charge in [-0.2, -0.15) is 10.1 Å². The van der Waals surface area contributed by atoms with Crippen LogP contribution >= 0.6 is 11.3 Å². The molecule has 8 heteroatoms. The Labute approximate surface area is 189 Å². The number of carbonyl (C=O) groups is 1. The van der Waals surface area contributed by atoms with Crippen LogP contribution in [0.15, 0.2) is 48.5 Å². The largest absolute Gasteiger partial charge is 0.344 e. The smallest absolute Gasteiger partial charge is 0.227 e. The number of amides is 1. The summed E-state index contributed by atoms with van der Waals surface area (Å²) in [4.78, 5) is 21.7. The quantitative estimate of drug-likeness (QED) is 0.470. The van der Waals surface area contributed by atoms with Crippen molar-refractivity contribution in [2.75, 3.05) is 31.1 Å². The van der Waals surface area contributed by atoms with Gasteiger partial charge in [0, 0.05) is 26.2 Å². The molecule has 1 amide bonds. The number of thiazole rings is 1. The fourth-order valence-corrected chi connectivity index (χ4v) is 5.07. The molecule has 6 nitrogen and oxygen atoms in total. The molecule has 0 unspecified atom stereocenters. The Morgan fingerprint density at radius 1 is 1.06 bits per heavy atom. The van der Waals surface area contributed by atoms with Gasteiger partial charge in [-0.3, -0.25) is 4.79 Å². The van der Waals surface area contributed by atoms with E-state index in [0.717, 1.165) is 45.5 Å². The highest BCUT2D eigenvalue weighted by Crippen LogP contribution is 2.33. The Hall–Kier alpha value is -3.26. The molecule has 2 aromatic carbocycles. The number of halogens is 1. The Morgan fingerprint density at radius 3 is 2.53 bits per heavy atom. The number of aryl methyl sites for hydroxylation is 2. The first-order chi connectivity index (χ1) is 15.5. The summed E-state index contributed by atoms with van der Waals surface area (Å²) < 4.78 is 16.1. The number of aromatic nitrogens is 3. The first-order valence-electron chi connectivity index (χ1n) is 10.7. The van der Waals surface area contributed by atoms with E-state index in [1.165, 1.54) is 17.7 Å². The van der Waals surface area contributed by atoms with Crippen LogP contribution in [0.3, 0.4) is 0 Å². The normalized spacial score (nSPS) is 14.3. The van der Waals surface area contributed by atoms with Crippen molar-refractivity contribution in [1.29, 1.82) is 0 Å². The van der Waals surface area contributed by atoms with Crippen LogP contribution in [0.5, 0.6) is 0 Å². The molecule has 1 saturated heterocycles. The van der Waals surface area contributed by atoms with Crippen LogP contribution in [0.2, 0.25) is 0 Å². The number of benzene rings is 2. The van der Waals surface area contributed by atoms with Crippen molar-refractivity contribution in [3.05, 3.63) is 71.2 Å². The van der Waals surface area contributed by atoms with E-state index in [-0.39, 0.29) is 11.7 Å². The summed E-state index contributed by atoms with van der Waals surface area (Å²) in [5.74, 6) is -0.210. The van der Waals surface area contributed by atoms with E-state index in [1.54, 1.807) is 23.5 Å². The number of hydrogen-bond acceptors (Lipinski definition) is 5. The van der Waals surface area contributed by atoms with Crippen LogP contribution < -0.4 is 4.90 Å². The van der Waals surface area contributed by atoms with Crippen molar-refractivity contribution in [1.82, 2.24) is 19.7 Å². The van der Waals surface area contributed by atoms with E-state index >= 15 is 0 Å². The van der Waals surface area contributed by atoms with Gasteiger partial charge in [0.1, 0.15) is 5.82 Å². The Balaban J connectivity index is 1.29. The van der Waals surface area contributed by atoms with Gasteiger partial charge >= 0.3 is 0 Å². The topological polar surface area (TPSA) is 54.3 Å². The molecule has 164 valence electrons. The van der Waals surface area contributed by atoms with Gasteiger partial charge in [0.15, 0.2) is 10.8 Å². The maximum absolute atomic E-state index is 13.1. The van der Waals surface area contributed by atoms with Crippen LogP contribution in [0.4, 0.5) is 9.52 Å². The van der Waals surface area contributed by atoms with E-state index < -0.39 is 0 Å². The number of hydrogen-bond donors (Lipinski definition) is 0. The Kier molecular flexibility index (Phi) is 5.38. The lowest BCUT2D eigenvalue weighted by Gasteiger charge is -2.34. The number of piperazine rings is 1. The minimum Gasteiger partial charge on any atom is -0.344 e. The molecule has 0 radical (unpaired) electrons. The average molecular weight is 450 g/mol. The van der Waals surface area contributed by atoms with E-state index in [9.17, 15) is 9.18 Å². The standard InChI is InChI=1S/C24H24FN5OS/c1-16-4-3-5-20(14-16)30-23-22(17(2)27-30)32-24(26-23)29-12-10-28(11-13-29)21(31)15-18-6-8-19(25)9-7-18/h3-9,14H,10-13,15H2,1-2H3. The molecule has 4 aromatic rings. The summed E-state index contributed by atoms with van der Waals surface area (Å²) in [6.07, 6.45) is 0.299. The van der Waals surface area contributed by atoms with Gasteiger partial charge in [-0.15, -0.1) is 0 Å². The monoisotopic (exact) mass is 449 g/mol. The van der Waals surface area contributed by atoms with Crippen LogP contribution in [0, 0.1) is 19.7 Å². The second kappa shape index (κ2) is 8.35. The molecule has 3 heterocycles. The Bertz CT molecular complexity index is 1270. The lowest BCUT2D eigenvalue weighted by molar-refractivity contribution is -0.130. The predicted molar refractivity (Wildman–Crippen MR) is 125 cm³/mol. The van der Waals surface area contributed by atoms with Crippen molar-refractivity contribution < 1.29 is 9.18 Å². The van der Waals surface area contributed by atoms with Gasteiger partial charge in [-0.1, -0.05) is 35.6 Å². The summed E-state index contributed by atoms with van der Waals surface area (Å²) in [7, 11) is 0. The minimum absolute atomic E-state index is 0.0755. The Morgan fingerprint density at radius 2 is 1.81 bits per heavy atom. The number of nitrogens with zero attached hydrogens (tertiary/aromatic N) is 5. The van der Waals surface area contributed by atoms with Crippen LogP contribution in [0.1, 0.15) is 16.8 Å². The van der Waals surface area contributed by atoms with Crippen molar-refractivity contribution in [3.63, 3.8) is 0 Å². The van der Waals surface area contributed by atoms with Gasteiger partial charge in [0.25, 0.3) is 0 Å². The zero-order valence-electron chi connectivity index (χ0n) is 18.1. The third kappa shape index (κ3) is 3.98. The second-order valence-corrected chi connectivity index (χ2v) is 9.13. The molecule has 0 spiro atoms. The van der Waals surface area contributed by atoms with Crippen LogP contribution in [0.25, 0.3) is 16.0 Å². The third-order valence-electron chi connectivity index (χ3n) is 5.79. The van der Waals surface area contributed by atoms with Gasteiger partial charge < -0.3 is 9.80 Å². The summed E-state index contributed by atoms with van der Waals surface area (Å²) in [5, 5.41) is 5.66. The minimum atomic E-state index is -0.286. The highest BCUT2D eigenvalue weighted by atomic mass is 32.1. The molecule has 5 rings (SSSR count). The van der Waals surface area contributed by atoms with Crippen LogP contribution in [-0.4, -0.2) is 51.8 Å². The lowest BCUT2D eigenvalue weighted by Crippen LogP contribution is -2.49. The van der Waals surface area contributed by atoms with E-state index in [1.807, 2.05) is 28.6 Å². The fourth-order valence-electron chi connectivity index (χ4n) is 4.03. The average Bonchev–Trinajstić information content (AvgIpc) is 3.36. The highest BCUT2D eigenvalue weighted by molar-refractivity contribution is 7.22. The highest BCUT2D eigenvalue weighted by Gasteiger charge is 2.25. The number of rotatable bonds is 4. The summed E-state index contributed by atoms with van der Waals surface area (Å²) in [5.41, 5.74) is 4.87. The van der Waals surface area contributed by atoms with Crippen molar-refractivity contribution in [2.24, 2.45) is 0 Å². The summed E-state index contributed by atoms with van der Waals surface area (Å²) >= 11 is 1.66. The van der Waals surface area contributed by atoms with Gasteiger partial charge in [0.05, 0.1) is 22.5 Å². The molecule has 1 aliphatic rings. The van der Waals surface area contributed by atoms with E-state index in [2.05, 4.69) is 24.0 Å². The van der Waals surface area contributed by atoms with Crippen molar-refractivity contribution >= 4 is 32.7 Å². The number of anilines is 1. The van der Waals surface area contributed by atoms with E-state index in [4.69, 9.17) is 10.1 Å². The molecule has 1 aliphatic heterocycles. The van der Waals surface area contributed by atoms with E-state index in [0.29, 0.717) is 19.5 Å². The van der Waals surface area contributed by atoms with Gasteiger partial charge in [-0.25, -0.2) is 9.07 Å². The zero-order chi connectivity index (χ0) is 22.2. The first kappa shape index (κ1) is 20.6. The fraction of sp³-hybridized carbons (Fsp3) is 0.292. The molecule has 32 heavy (non-hydrogen) atoms. The SMILES string of the molecule is Cc1cccc(-n2nc(C)c3sc(N4CCN(C(=O)Cc5ccc(F)cc5)CC4)nc32)c1. The second-order valence-electron chi connectivity index (χ2n) is 8.16.